The smallest absolute Gasteiger partial charge is 0.251 e. The van der Waals surface area contributed by atoms with Crippen LogP contribution in [0.2, 0.25) is 0 Å². The fourth-order valence-electron chi connectivity index (χ4n) is 4.38. The van der Waals surface area contributed by atoms with E-state index in [9.17, 15) is 9.59 Å². The molecule has 0 aromatic heterocycles. The second kappa shape index (κ2) is 8.37. The Labute approximate surface area is 186 Å². The Morgan fingerprint density at radius 2 is 1.65 bits per heavy atom. The third-order valence-corrected chi connectivity index (χ3v) is 5.95. The quantitative estimate of drug-likeness (QED) is 0.775. The first-order valence-corrected chi connectivity index (χ1v) is 10.9. The van der Waals surface area contributed by atoms with Crippen LogP contribution in [-0.4, -0.2) is 37.4 Å². The van der Waals surface area contributed by atoms with Crippen LogP contribution in [0.4, 0.5) is 11.4 Å². The highest BCUT2D eigenvalue weighted by Gasteiger charge is 2.40. The standard InChI is InChI=1S/C26H35N3O2/c1-16-13-17(2)22(18(3)14-16)27-24(30)23-21-15-20(28(7)8)10-9-19(21)11-12-29(23)25(31)26(4,5)6/h9-10,13-15,23H,11-12H2,1-8H3,(H,27,30). The summed E-state index contributed by atoms with van der Waals surface area (Å²) in [5.41, 5.74) is 6.53. The van der Waals surface area contributed by atoms with Crippen LogP contribution in [0, 0.1) is 26.2 Å². The van der Waals surface area contributed by atoms with Gasteiger partial charge in [-0.3, -0.25) is 9.59 Å². The van der Waals surface area contributed by atoms with Crippen LogP contribution >= 0.6 is 0 Å². The molecule has 1 aliphatic rings. The molecule has 1 heterocycles. The zero-order valence-electron chi connectivity index (χ0n) is 20.1. The SMILES string of the molecule is Cc1cc(C)c(NC(=O)C2c3cc(N(C)C)ccc3CCN2C(=O)C(C)(C)C)c(C)c1. The summed E-state index contributed by atoms with van der Waals surface area (Å²) in [4.78, 5) is 30.8. The number of anilines is 2. The van der Waals surface area contributed by atoms with Crippen molar-refractivity contribution < 1.29 is 9.59 Å². The van der Waals surface area contributed by atoms with Crippen LogP contribution < -0.4 is 10.2 Å². The van der Waals surface area contributed by atoms with E-state index in [2.05, 4.69) is 42.6 Å². The molecule has 2 aromatic rings. The van der Waals surface area contributed by atoms with E-state index in [4.69, 9.17) is 0 Å². The molecular formula is C26H35N3O2. The van der Waals surface area contributed by atoms with E-state index in [1.165, 1.54) is 0 Å². The van der Waals surface area contributed by atoms with Crippen LogP contribution in [0.25, 0.3) is 0 Å². The Hall–Kier alpha value is -2.82. The summed E-state index contributed by atoms with van der Waals surface area (Å²) in [6.45, 7) is 12.3. The van der Waals surface area contributed by atoms with Gasteiger partial charge in [0.2, 0.25) is 5.91 Å². The summed E-state index contributed by atoms with van der Waals surface area (Å²) < 4.78 is 0. The lowest BCUT2D eigenvalue weighted by molar-refractivity contribution is -0.146. The van der Waals surface area contributed by atoms with Gasteiger partial charge in [0.05, 0.1) is 0 Å². The summed E-state index contributed by atoms with van der Waals surface area (Å²) in [6, 6.07) is 9.70. The van der Waals surface area contributed by atoms with E-state index >= 15 is 0 Å². The Balaban J connectivity index is 2.08. The van der Waals surface area contributed by atoms with Crippen LogP contribution in [0.3, 0.4) is 0 Å². The molecule has 5 heteroatoms. The third kappa shape index (κ3) is 4.60. The van der Waals surface area contributed by atoms with Gasteiger partial charge < -0.3 is 15.1 Å². The molecule has 0 bridgehead atoms. The maximum absolute atomic E-state index is 13.7. The maximum atomic E-state index is 13.7. The fraction of sp³-hybridized carbons (Fsp3) is 0.462. The van der Waals surface area contributed by atoms with Gasteiger partial charge in [-0.1, -0.05) is 44.5 Å². The van der Waals surface area contributed by atoms with Crippen LogP contribution in [0.15, 0.2) is 30.3 Å². The maximum Gasteiger partial charge on any atom is 0.251 e. The van der Waals surface area contributed by atoms with Crippen LogP contribution in [0.5, 0.6) is 0 Å². The van der Waals surface area contributed by atoms with Gasteiger partial charge in [-0.05, 0) is 61.6 Å². The molecule has 5 nitrogen and oxygen atoms in total. The van der Waals surface area contributed by atoms with E-state index in [0.29, 0.717) is 6.54 Å². The zero-order chi connectivity index (χ0) is 23.1. The molecule has 1 atom stereocenters. The van der Waals surface area contributed by atoms with E-state index in [1.807, 2.05) is 53.6 Å². The molecule has 0 fully saturated rings. The Morgan fingerprint density at radius 1 is 1.03 bits per heavy atom. The van der Waals surface area contributed by atoms with Gasteiger partial charge in [0.15, 0.2) is 0 Å². The van der Waals surface area contributed by atoms with Gasteiger partial charge in [0.1, 0.15) is 6.04 Å². The highest BCUT2D eigenvalue weighted by Crippen LogP contribution is 2.36. The molecule has 0 spiro atoms. The number of carbonyl (C=O) groups excluding carboxylic acids is 2. The van der Waals surface area contributed by atoms with Crippen molar-refractivity contribution in [2.45, 2.75) is 54.0 Å². The normalized spacial score (nSPS) is 16.0. The average molecular weight is 422 g/mol. The zero-order valence-corrected chi connectivity index (χ0v) is 20.1. The second-order valence-corrected chi connectivity index (χ2v) is 9.94. The van der Waals surface area contributed by atoms with Crippen molar-refractivity contribution in [2.24, 2.45) is 5.41 Å². The highest BCUT2D eigenvalue weighted by molar-refractivity contribution is 6.00. The Morgan fingerprint density at radius 3 is 2.19 bits per heavy atom. The summed E-state index contributed by atoms with van der Waals surface area (Å²) in [6.07, 6.45) is 0.747. The Kier molecular flexibility index (Phi) is 6.17. The predicted octanol–water partition coefficient (Wildman–Crippen LogP) is 4.79. The molecule has 1 aliphatic heterocycles. The minimum atomic E-state index is -0.657. The lowest BCUT2D eigenvalue weighted by atomic mass is 9.87. The number of nitrogens with one attached hydrogen (secondary N) is 1. The van der Waals surface area contributed by atoms with E-state index in [0.717, 1.165) is 45.6 Å². The number of nitrogens with zero attached hydrogens (tertiary/aromatic N) is 2. The van der Waals surface area contributed by atoms with Crippen LogP contribution in [0.1, 0.15) is 54.6 Å². The van der Waals surface area contributed by atoms with Crippen molar-refractivity contribution in [1.82, 2.24) is 4.90 Å². The number of aryl methyl sites for hydroxylation is 3. The number of fused-ring (bicyclic) bond motifs is 1. The number of carbonyl (C=O) groups is 2. The number of hydrogen-bond donors (Lipinski definition) is 1. The van der Waals surface area contributed by atoms with Gasteiger partial charge >= 0.3 is 0 Å². The Bertz CT molecular complexity index is 995. The number of amides is 2. The predicted molar refractivity (Wildman–Crippen MR) is 128 cm³/mol. The molecule has 2 amide bonds. The molecule has 0 saturated carbocycles. The molecular weight excluding hydrogens is 386 g/mol. The molecule has 1 unspecified atom stereocenters. The molecule has 3 rings (SSSR count). The molecule has 0 saturated heterocycles. The second-order valence-electron chi connectivity index (χ2n) is 9.94. The summed E-state index contributed by atoms with van der Waals surface area (Å²) in [7, 11) is 3.97. The molecule has 1 N–H and O–H groups in total. The minimum Gasteiger partial charge on any atom is -0.378 e. The monoisotopic (exact) mass is 421 g/mol. The first-order valence-electron chi connectivity index (χ1n) is 10.9. The lowest BCUT2D eigenvalue weighted by Gasteiger charge is -2.40. The van der Waals surface area contributed by atoms with Gasteiger partial charge in [-0.15, -0.1) is 0 Å². The molecule has 166 valence electrons. The lowest BCUT2D eigenvalue weighted by Crippen LogP contribution is -2.49. The minimum absolute atomic E-state index is 0.00842. The van der Waals surface area contributed by atoms with Crippen molar-refractivity contribution in [3.63, 3.8) is 0 Å². The first kappa shape index (κ1) is 22.9. The van der Waals surface area contributed by atoms with E-state index in [-0.39, 0.29) is 11.8 Å². The number of benzene rings is 2. The summed E-state index contributed by atoms with van der Waals surface area (Å²) in [5, 5.41) is 3.15. The number of rotatable bonds is 3. The van der Waals surface area contributed by atoms with Crippen molar-refractivity contribution in [1.29, 1.82) is 0 Å². The summed E-state index contributed by atoms with van der Waals surface area (Å²) in [5.74, 6) is -0.171. The molecule has 0 radical (unpaired) electrons. The first-order chi connectivity index (χ1) is 14.4. The van der Waals surface area contributed by atoms with Crippen molar-refractivity contribution >= 4 is 23.2 Å². The average Bonchev–Trinajstić information content (AvgIpc) is 2.67. The van der Waals surface area contributed by atoms with Crippen LogP contribution in [-0.2, 0) is 16.0 Å². The van der Waals surface area contributed by atoms with Gasteiger partial charge in [0.25, 0.3) is 5.91 Å². The highest BCUT2D eigenvalue weighted by atomic mass is 16.2. The van der Waals surface area contributed by atoms with E-state index in [1.54, 1.807) is 4.90 Å². The fourth-order valence-corrected chi connectivity index (χ4v) is 4.38. The van der Waals surface area contributed by atoms with E-state index < -0.39 is 11.5 Å². The van der Waals surface area contributed by atoms with Gasteiger partial charge in [0, 0.05) is 37.4 Å². The largest absolute Gasteiger partial charge is 0.378 e. The number of hydrogen-bond acceptors (Lipinski definition) is 3. The summed E-state index contributed by atoms with van der Waals surface area (Å²) >= 11 is 0. The van der Waals surface area contributed by atoms with Gasteiger partial charge in [-0.2, -0.15) is 0 Å². The molecule has 31 heavy (non-hydrogen) atoms. The topological polar surface area (TPSA) is 52.7 Å². The molecule has 0 aliphatic carbocycles. The van der Waals surface area contributed by atoms with Crippen molar-refractivity contribution in [3.8, 4) is 0 Å². The third-order valence-electron chi connectivity index (χ3n) is 5.95. The molecule has 2 aromatic carbocycles. The van der Waals surface area contributed by atoms with Gasteiger partial charge in [-0.25, -0.2) is 0 Å². The van der Waals surface area contributed by atoms with Crippen molar-refractivity contribution in [2.75, 3.05) is 30.9 Å². The van der Waals surface area contributed by atoms with Crippen molar-refractivity contribution in [3.05, 3.63) is 58.1 Å².